The van der Waals surface area contributed by atoms with Crippen molar-refractivity contribution in [2.45, 2.75) is 34.1 Å². The van der Waals surface area contributed by atoms with Crippen LogP contribution in [0.15, 0.2) is 6.07 Å². The summed E-state index contributed by atoms with van der Waals surface area (Å²) < 4.78 is 5.60. The van der Waals surface area contributed by atoms with E-state index < -0.39 is 0 Å². The molecule has 1 unspecified atom stereocenters. The summed E-state index contributed by atoms with van der Waals surface area (Å²) in [6.45, 7) is 11.3. The van der Waals surface area contributed by atoms with Crippen LogP contribution in [0.3, 0.4) is 0 Å². The first-order valence-electron chi connectivity index (χ1n) is 7.04. The molecule has 1 aromatic rings. The molecule has 0 saturated heterocycles. The van der Waals surface area contributed by atoms with E-state index in [0.29, 0.717) is 24.9 Å². The molecular weight excluding hydrogens is 240 g/mol. The summed E-state index contributed by atoms with van der Waals surface area (Å²) >= 11 is 0. The van der Waals surface area contributed by atoms with Gasteiger partial charge in [0, 0.05) is 24.8 Å². The summed E-state index contributed by atoms with van der Waals surface area (Å²) in [7, 11) is 0. The summed E-state index contributed by atoms with van der Waals surface area (Å²) in [6.07, 6.45) is 0.972. The zero-order valence-electron chi connectivity index (χ0n) is 12.5. The van der Waals surface area contributed by atoms with Gasteiger partial charge in [-0.3, -0.25) is 0 Å². The van der Waals surface area contributed by atoms with Crippen LogP contribution in [-0.4, -0.2) is 36.2 Å². The van der Waals surface area contributed by atoms with Gasteiger partial charge in [-0.15, -0.1) is 0 Å². The van der Waals surface area contributed by atoms with Gasteiger partial charge in [-0.1, -0.05) is 13.8 Å². The Morgan fingerprint density at radius 1 is 1.37 bits per heavy atom. The number of hydrogen-bond acceptors (Lipinski definition) is 5. The van der Waals surface area contributed by atoms with Crippen molar-refractivity contribution in [3.8, 4) is 5.88 Å². The van der Waals surface area contributed by atoms with Crippen molar-refractivity contribution in [3.05, 3.63) is 11.8 Å². The van der Waals surface area contributed by atoms with Gasteiger partial charge in [0.15, 0.2) is 0 Å². The number of aromatic nitrogens is 2. The maximum absolute atomic E-state index is 5.69. The average Bonchev–Trinajstić information content (AvgIpc) is 2.41. The molecule has 1 aromatic heterocycles. The molecule has 2 N–H and O–H groups in total. The van der Waals surface area contributed by atoms with E-state index in [4.69, 9.17) is 10.5 Å². The SMILES string of the molecule is CCCOc1cc(C)nc(N(CC)CC(C)CN)n1. The summed E-state index contributed by atoms with van der Waals surface area (Å²) in [5.74, 6) is 1.81. The molecule has 0 aliphatic heterocycles. The maximum Gasteiger partial charge on any atom is 0.228 e. The van der Waals surface area contributed by atoms with Crippen LogP contribution in [0.25, 0.3) is 0 Å². The van der Waals surface area contributed by atoms with Crippen molar-refractivity contribution in [3.63, 3.8) is 0 Å². The fraction of sp³-hybridized carbons (Fsp3) is 0.714. The molecule has 5 heteroatoms. The largest absolute Gasteiger partial charge is 0.478 e. The van der Waals surface area contributed by atoms with E-state index in [2.05, 4.69) is 35.6 Å². The second kappa shape index (κ2) is 7.94. The van der Waals surface area contributed by atoms with Crippen LogP contribution in [0.1, 0.15) is 32.9 Å². The number of ether oxygens (including phenoxy) is 1. The highest BCUT2D eigenvalue weighted by Gasteiger charge is 2.13. The Labute approximate surface area is 116 Å². The van der Waals surface area contributed by atoms with Crippen molar-refractivity contribution in [1.82, 2.24) is 9.97 Å². The number of hydrogen-bond donors (Lipinski definition) is 1. The number of nitrogens with two attached hydrogens (primary N) is 1. The number of aryl methyl sites for hydroxylation is 1. The van der Waals surface area contributed by atoms with E-state index in [0.717, 1.165) is 31.2 Å². The first kappa shape index (κ1) is 15.7. The lowest BCUT2D eigenvalue weighted by Crippen LogP contribution is -2.32. The third-order valence-corrected chi connectivity index (χ3v) is 2.87. The highest BCUT2D eigenvalue weighted by molar-refractivity contribution is 5.34. The molecule has 0 spiro atoms. The van der Waals surface area contributed by atoms with Crippen molar-refractivity contribution < 1.29 is 4.74 Å². The van der Waals surface area contributed by atoms with Crippen molar-refractivity contribution in [1.29, 1.82) is 0 Å². The average molecular weight is 266 g/mol. The number of nitrogens with zero attached hydrogens (tertiary/aromatic N) is 3. The monoisotopic (exact) mass is 266 g/mol. The maximum atomic E-state index is 5.69. The second-order valence-corrected chi connectivity index (χ2v) is 4.88. The second-order valence-electron chi connectivity index (χ2n) is 4.88. The van der Waals surface area contributed by atoms with Gasteiger partial charge >= 0.3 is 0 Å². The molecule has 0 bridgehead atoms. The zero-order valence-corrected chi connectivity index (χ0v) is 12.5. The van der Waals surface area contributed by atoms with Gasteiger partial charge in [0.25, 0.3) is 0 Å². The molecule has 1 rings (SSSR count). The van der Waals surface area contributed by atoms with Gasteiger partial charge < -0.3 is 15.4 Å². The third-order valence-electron chi connectivity index (χ3n) is 2.87. The summed E-state index contributed by atoms with van der Waals surface area (Å²) in [5.41, 5.74) is 6.61. The topological polar surface area (TPSA) is 64.3 Å². The lowest BCUT2D eigenvalue weighted by atomic mass is 10.2. The minimum atomic E-state index is 0.420. The molecule has 1 atom stereocenters. The number of anilines is 1. The van der Waals surface area contributed by atoms with E-state index in [1.165, 1.54) is 0 Å². The van der Waals surface area contributed by atoms with Crippen LogP contribution in [0, 0.1) is 12.8 Å². The minimum absolute atomic E-state index is 0.420. The Hall–Kier alpha value is -1.36. The van der Waals surface area contributed by atoms with Crippen molar-refractivity contribution >= 4 is 5.95 Å². The van der Waals surface area contributed by atoms with Gasteiger partial charge in [-0.2, -0.15) is 4.98 Å². The van der Waals surface area contributed by atoms with Crippen LogP contribution in [0.4, 0.5) is 5.95 Å². The van der Waals surface area contributed by atoms with Crippen molar-refractivity contribution in [2.75, 3.05) is 31.1 Å². The normalized spacial score (nSPS) is 12.3. The molecule has 0 fully saturated rings. The van der Waals surface area contributed by atoms with Crippen LogP contribution in [0.2, 0.25) is 0 Å². The molecule has 0 radical (unpaired) electrons. The van der Waals surface area contributed by atoms with Gasteiger partial charge in [-0.25, -0.2) is 4.98 Å². The Morgan fingerprint density at radius 3 is 2.68 bits per heavy atom. The molecular formula is C14H26N4O. The molecule has 19 heavy (non-hydrogen) atoms. The minimum Gasteiger partial charge on any atom is -0.478 e. The first-order chi connectivity index (χ1) is 9.10. The van der Waals surface area contributed by atoms with Crippen LogP contribution >= 0.6 is 0 Å². The van der Waals surface area contributed by atoms with Gasteiger partial charge in [0.05, 0.1) is 6.61 Å². The standard InChI is InChI=1S/C14H26N4O/c1-5-7-19-13-8-12(4)16-14(17-13)18(6-2)10-11(3)9-15/h8,11H,5-7,9-10,15H2,1-4H3. The Bertz CT molecular complexity index is 384. The molecule has 1 heterocycles. The van der Waals surface area contributed by atoms with Gasteiger partial charge in [-0.05, 0) is 32.7 Å². The summed E-state index contributed by atoms with van der Waals surface area (Å²) in [4.78, 5) is 11.1. The Kier molecular flexibility index (Phi) is 6.56. The van der Waals surface area contributed by atoms with Crippen LogP contribution < -0.4 is 15.4 Å². The zero-order chi connectivity index (χ0) is 14.3. The molecule has 108 valence electrons. The van der Waals surface area contributed by atoms with Gasteiger partial charge in [0.2, 0.25) is 11.8 Å². The van der Waals surface area contributed by atoms with Crippen LogP contribution in [-0.2, 0) is 0 Å². The summed E-state index contributed by atoms with van der Waals surface area (Å²) in [6, 6.07) is 1.87. The molecule has 0 aromatic carbocycles. The van der Waals surface area contributed by atoms with Crippen molar-refractivity contribution in [2.24, 2.45) is 11.7 Å². The molecule has 0 aliphatic carbocycles. The lowest BCUT2D eigenvalue weighted by Gasteiger charge is -2.24. The van der Waals surface area contributed by atoms with Gasteiger partial charge in [0.1, 0.15) is 0 Å². The fourth-order valence-electron chi connectivity index (χ4n) is 1.75. The predicted octanol–water partition coefficient (Wildman–Crippen LogP) is 1.99. The van der Waals surface area contributed by atoms with E-state index in [9.17, 15) is 0 Å². The van der Waals surface area contributed by atoms with E-state index in [1.54, 1.807) is 0 Å². The lowest BCUT2D eigenvalue weighted by molar-refractivity contribution is 0.304. The highest BCUT2D eigenvalue weighted by Crippen LogP contribution is 2.16. The highest BCUT2D eigenvalue weighted by atomic mass is 16.5. The molecule has 0 aliphatic rings. The Morgan fingerprint density at radius 2 is 2.11 bits per heavy atom. The molecule has 5 nitrogen and oxygen atoms in total. The Balaban J connectivity index is 2.86. The van der Waals surface area contributed by atoms with E-state index in [-0.39, 0.29) is 0 Å². The fourth-order valence-corrected chi connectivity index (χ4v) is 1.75. The van der Waals surface area contributed by atoms with E-state index in [1.807, 2.05) is 13.0 Å². The van der Waals surface area contributed by atoms with E-state index >= 15 is 0 Å². The smallest absolute Gasteiger partial charge is 0.228 e. The molecule has 0 saturated carbocycles. The summed E-state index contributed by atoms with van der Waals surface area (Å²) in [5, 5.41) is 0. The third kappa shape index (κ3) is 5.03. The quantitative estimate of drug-likeness (QED) is 0.779. The first-order valence-corrected chi connectivity index (χ1v) is 7.04. The van der Waals surface area contributed by atoms with Crippen LogP contribution in [0.5, 0.6) is 5.88 Å². The molecule has 0 amide bonds. The number of rotatable bonds is 8. The predicted molar refractivity (Wildman–Crippen MR) is 78.7 cm³/mol.